The van der Waals surface area contributed by atoms with Gasteiger partial charge in [0, 0.05) is 28.4 Å². The van der Waals surface area contributed by atoms with E-state index in [1.165, 1.54) is 27.6 Å². The van der Waals surface area contributed by atoms with Gasteiger partial charge in [0.05, 0.1) is 11.4 Å². The molecule has 3 atom stereocenters. The molecule has 0 amide bonds. The van der Waals surface area contributed by atoms with Gasteiger partial charge >= 0.3 is 0 Å². The lowest BCUT2D eigenvalue weighted by Gasteiger charge is -2.35. The second kappa shape index (κ2) is 5.88. The van der Waals surface area contributed by atoms with Gasteiger partial charge in [0.15, 0.2) is 0 Å². The summed E-state index contributed by atoms with van der Waals surface area (Å²) < 4.78 is 0. The van der Waals surface area contributed by atoms with Crippen molar-refractivity contribution in [3.05, 3.63) is 48.5 Å². The molecule has 4 rings (SSSR count). The number of rotatable bonds is 2. The molecule has 2 aliphatic heterocycles. The van der Waals surface area contributed by atoms with Crippen molar-refractivity contribution in [2.24, 2.45) is 5.92 Å². The van der Waals surface area contributed by atoms with Gasteiger partial charge in [-0.3, -0.25) is 0 Å². The lowest BCUT2D eigenvalue weighted by molar-refractivity contribution is 0.250. The van der Waals surface area contributed by atoms with Gasteiger partial charge in [-0.05, 0) is 57.5 Å². The van der Waals surface area contributed by atoms with Crippen LogP contribution in [0.1, 0.15) is 20.3 Å². The molecule has 2 heterocycles. The summed E-state index contributed by atoms with van der Waals surface area (Å²) in [5, 5.41) is 0. The summed E-state index contributed by atoms with van der Waals surface area (Å²) >= 11 is 1.89. The number of para-hydroxylation sites is 2. The molecule has 0 saturated carbocycles. The third-order valence-corrected chi connectivity index (χ3v) is 6.74. The van der Waals surface area contributed by atoms with Crippen molar-refractivity contribution in [1.29, 1.82) is 0 Å². The topological polar surface area (TPSA) is 6.48 Å². The molecule has 120 valence electrons. The molecule has 0 aliphatic carbocycles. The first-order valence-electron chi connectivity index (χ1n) is 8.50. The summed E-state index contributed by atoms with van der Waals surface area (Å²) in [6, 6.07) is 19.0. The van der Waals surface area contributed by atoms with E-state index in [2.05, 4.69) is 79.2 Å². The summed E-state index contributed by atoms with van der Waals surface area (Å²) in [6.07, 6.45) is 1.28. The molecule has 0 aromatic heterocycles. The van der Waals surface area contributed by atoms with Crippen LogP contribution in [0.3, 0.4) is 0 Å². The first-order chi connectivity index (χ1) is 11.1. The van der Waals surface area contributed by atoms with Gasteiger partial charge in [0.1, 0.15) is 0 Å². The molecule has 23 heavy (non-hydrogen) atoms. The number of nitrogens with zero attached hydrogens (tertiary/aromatic N) is 2. The molecule has 2 nitrogen and oxygen atoms in total. The van der Waals surface area contributed by atoms with E-state index in [1.807, 2.05) is 11.8 Å². The fourth-order valence-corrected chi connectivity index (χ4v) is 5.07. The van der Waals surface area contributed by atoms with Crippen LogP contribution in [0.2, 0.25) is 0 Å². The van der Waals surface area contributed by atoms with Crippen molar-refractivity contribution in [1.82, 2.24) is 4.90 Å². The third kappa shape index (κ3) is 2.56. The monoisotopic (exact) mass is 324 g/mol. The maximum absolute atomic E-state index is 2.55. The van der Waals surface area contributed by atoms with E-state index < -0.39 is 0 Å². The quantitative estimate of drug-likeness (QED) is 0.766. The number of hydrogen-bond donors (Lipinski definition) is 0. The second-order valence-corrected chi connectivity index (χ2v) is 7.98. The summed E-state index contributed by atoms with van der Waals surface area (Å²) in [5.41, 5.74) is 2.73. The highest BCUT2D eigenvalue weighted by Gasteiger charge is 2.36. The molecule has 0 radical (unpaired) electrons. The van der Waals surface area contributed by atoms with Gasteiger partial charge in [-0.1, -0.05) is 36.0 Å². The number of fused-ring (bicyclic) bond motifs is 2. The van der Waals surface area contributed by atoms with Crippen LogP contribution in [-0.4, -0.2) is 30.6 Å². The molecule has 1 saturated heterocycles. The molecule has 1 fully saturated rings. The van der Waals surface area contributed by atoms with Crippen molar-refractivity contribution >= 4 is 23.1 Å². The molecule has 0 unspecified atom stereocenters. The van der Waals surface area contributed by atoms with Crippen molar-refractivity contribution in [2.75, 3.05) is 18.5 Å². The van der Waals surface area contributed by atoms with E-state index in [4.69, 9.17) is 0 Å². The zero-order chi connectivity index (χ0) is 16.0. The molecule has 2 aromatic carbocycles. The Kier molecular flexibility index (Phi) is 3.86. The molecular formula is C20H24N2S. The molecule has 2 aromatic rings. The fourth-order valence-electron chi connectivity index (χ4n) is 3.97. The normalized spacial score (nSPS) is 26.9. The van der Waals surface area contributed by atoms with Crippen LogP contribution in [0.25, 0.3) is 0 Å². The highest BCUT2D eigenvalue weighted by Crippen LogP contribution is 2.48. The van der Waals surface area contributed by atoms with Gasteiger partial charge < -0.3 is 9.80 Å². The van der Waals surface area contributed by atoms with Crippen LogP contribution in [0, 0.1) is 5.92 Å². The Morgan fingerprint density at radius 3 is 2.04 bits per heavy atom. The van der Waals surface area contributed by atoms with Crippen LogP contribution >= 0.6 is 11.8 Å². The first kappa shape index (κ1) is 15.1. The molecule has 0 N–H and O–H groups in total. The van der Waals surface area contributed by atoms with E-state index >= 15 is 0 Å². The Morgan fingerprint density at radius 2 is 1.52 bits per heavy atom. The Labute approximate surface area is 143 Å². The van der Waals surface area contributed by atoms with Crippen LogP contribution in [0.15, 0.2) is 58.3 Å². The van der Waals surface area contributed by atoms with E-state index in [-0.39, 0.29) is 0 Å². The Hall–Kier alpha value is -1.45. The SMILES string of the molecule is C[C@H]1C[C@@H](CN2c3ccccc3Sc3ccccc32)[C@H](C)N1C. The lowest BCUT2D eigenvalue weighted by atomic mass is 9.99. The highest BCUT2D eigenvalue weighted by atomic mass is 32.2. The summed E-state index contributed by atoms with van der Waals surface area (Å²) in [5.74, 6) is 0.708. The van der Waals surface area contributed by atoms with Gasteiger partial charge in [0.2, 0.25) is 0 Å². The van der Waals surface area contributed by atoms with Crippen LogP contribution in [0.5, 0.6) is 0 Å². The zero-order valence-electron chi connectivity index (χ0n) is 14.1. The van der Waals surface area contributed by atoms with Crippen molar-refractivity contribution in [3.8, 4) is 0 Å². The standard InChI is InChI=1S/C20H24N2S/c1-14-12-16(15(2)21(14)3)13-22-17-8-4-6-10-19(17)23-20-11-7-5-9-18(20)22/h4-11,14-16H,12-13H2,1-3H3/t14-,15-,16-/m0/s1. The van der Waals surface area contributed by atoms with Gasteiger partial charge in [-0.2, -0.15) is 0 Å². The smallest absolute Gasteiger partial charge is 0.0552 e. The van der Waals surface area contributed by atoms with Gasteiger partial charge in [-0.15, -0.1) is 0 Å². The minimum absolute atomic E-state index is 0.638. The highest BCUT2D eigenvalue weighted by molar-refractivity contribution is 7.99. The zero-order valence-corrected chi connectivity index (χ0v) is 14.9. The average molecular weight is 324 g/mol. The molecule has 3 heteroatoms. The predicted molar refractivity (Wildman–Crippen MR) is 98.8 cm³/mol. The van der Waals surface area contributed by atoms with E-state index in [0.717, 1.165) is 6.54 Å². The fraction of sp³-hybridized carbons (Fsp3) is 0.400. The summed E-state index contributed by atoms with van der Waals surface area (Å²) in [4.78, 5) is 7.83. The molecule has 0 spiro atoms. The Balaban J connectivity index is 1.71. The third-order valence-electron chi connectivity index (χ3n) is 5.61. The molecular weight excluding hydrogens is 300 g/mol. The average Bonchev–Trinajstić information content (AvgIpc) is 2.81. The number of hydrogen-bond acceptors (Lipinski definition) is 3. The van der Waals surface area contributed by atoms with Crippen LogP contribution in [0.4, 0.5) is 11.4 Å². The van der Waals surface area contributed by atoms with Crippen molar-refractivity contribution in [2.45, 2.75) is 42.1 Å². The van der Waals surface area contributed by atoms with Gasteiger partial charge in [0.25, 0.3) is 0 Å². The maximum Gasteiger partial charge on any atom is 0.0552 e. The van der Waals surface area contributed by atoms with Crippen LogP contribution in [-0.2, 0) is 0 Å². The maximum atomic E-state index is 2.55. The number of likely N-dealkylation sites (tertiary alicyclic amines) is 1. The molecule has 2 aliphatic rings. The first-order valence-corrected chi connectivity index (χ1v) is 9.32. The van der Waals surface area contributed by atoms with Crippen molar-refractivity contribution < 1.29 is 0 Å². The summed E-state index contributed by atoms with van der Waals surface area (Å²) in [7, 11) is 2.27. The second-order valence-electron chi connectivity index (χ2n) is 6.90. The Morgan fingerprint density at radius 1 is 0.957 bits per heavy atom. The minimum Gasteiger partial charge on any atom is -0.339 e. The number of benzene rings is 2. The van der Waals surface area contributed by atoms with Crippen LogP contribution < -0.4 is 4.90 Å². The lowest BCUT2D eigenvalue weighted by Crippen LogP contribution is -2.35. The van der Waals surface area contributed by atoms with E-state index in [1.54, 1.807) is 0 Å². The largest absolute Gasteiger partial charge is 0.339 e. The van der Waals surface area contributed by atoms with E-state index in [0.29, 0.717) is 18.0 Å². The van der Waals surface area contributed by atoms with E-state index in [9.17, 15) is 0 Å². The minimum atomic E-state index is 0.638. The molecule has 0 bridgehead atoms. The Bertz CT molecular complexity index is 669. The number of anilines is 2. The van der Waals surface area contributed by atoms with Crippen molar-refractivity contribution in [3.63, 3.8) is 0 Å². The van der Waals surface area contributed by atoms with Gasteiger partial charge in [-0.25, -0.2) is 0 Å². The predicted octanol–water partition coefficient (Wildman–Crippen LogP) is 5.02. The summed E-state index contributed by atoms with van der Waals surface area (Å²) in [6.45, 7) is 5.83.